The highest BCUT2D eigenvalue weighted by molar-refractivity contribution is 5.94. The van der Waals surface area contributed by atoms with Gasteiger partial charge in [0.2, 0.25) is 0 Å². The molecule has 0 fully saturated rings. The Labute approximate surface area is 111 Å². The number of nitrogens with zero attached hydrogens (tertiary/aromatic N) is 3. The van der Waals surface area contributed by atoms with Gasteiger partial charge in [0.15, 0.2) is 0 Å². The van der Waals surface area contributed by atoms with Gasteiger partial charge < -0.3 is 10.1 Å². The van der Waals surface area contributed by atoms with Gasteiger partial charge in [-0.15, -0.1) is 0 Å². The third kappa shape index (κ3) is 3.38. The zero-order chi connectivity index (χ0) is 13.7. The van der Waals surface area contributed by atoms with Crippen LogP contribution >= 0.6 is 0 Å². The van der Waals surface area contributed by atoms with Gasteiger partial charge >= 0.3 is 0 Å². The molecule has 0 aliphatic carbocycles. The number of hydrogen-bond acceptors (Lipinski definition) is 4. The van der Waals surface area contributed by atoms with Crippen molar-refractivity contribution in [3.63, 3.8) is 0 Å². The Morgan fingerprint density at radius 1 is 1.42 bits per heavy atom. The predicted octanol–water partition coefficient (Wildman–Crippen LogP) is 0.858. The number of aryl methyl sites for hydroxylation is 1. The molecule has 2 aromatic heterocycles. The summed E-state index contributed by atoms with van der Waals surface area (Å²) >= 11 is 0. The van der Waals surface area contributed by atoms with Crippen molar-refractivity contribution < 1.29 is 9.53 Å². The summed E-state index contributed by atoms with van der Waals surface area (Å²) in [6.45, 7) is 0.979. The van der Waals surface area contributed by atoms with Crippen molar-refractivity contribution in [3.05, 3.63) is 36.3 Å². The van der Waals surface area contributed by atoms with Crippen LogP contribution in [0.25, 0.3) is 11.3 Å². The summed E-state index contributed by atoms with van der Waals surface area (Å²) in [5.74, 6) is -0.151. The van der Waals surface area contributed by atoms with Crippen LogP contribution in [-0.2, 0) is 11.8 Å². The maximum atomic E-state index is 11.7. The lowest BCUT2D eigenvalue weighted by Crippen LogP contribution is -2.26. The average molecular weight is 260 g/mol. The van der Waals surface area contributed by atoms with Gasteiger partial charge in [-0.25, -0.2) is 0 Å². The van der Waals surface area contributed by atoms with E-state index in [-0.39, 0.29) is 5.91 Å². The van der Waals surface area contributed by atoms with E-state index >= 15 is 0 Å². The van der Waals surface area contributed by atoms with E-state index in [1.807, 2.05) is 19.3 Å². The van der Waals surface area contributed by atoms with Crippen LogP contribution in [0.3, 0.4) is 0 Å². The largest absolute Gasteiger partial charge is 0.383 e. The summed E-state index contributed by atoms with van der Waals surface area (Å²) in [6, 6.07) is 3.56. The Balaban J connectivity index is 2.04. The minimum atomic E-state index is -0.151. The Morgan fingerprint density at radius 3 is 2.84 bits per heavy atom. The number of nitrogens with one attached hydrogen (secondary N) is 1. The molecule has 6 nitrogen and oxygen atoms in total. The highest BCUT2D eigenvalue weighted by Crippen LogP contribution is 2.15. The van der Waals surface area contributed by atoms with Crippen molar-refractivity contribution in [2.24, 2.45) is 7.05 Å². The third-order valence-corrected chi connectivity index (χ3v) is 2.62. The molecule has 0 spiro atoms. The first-order valence-corrected chi connectivity index (χ1v) is 5.93. The van der Waals surface area contributed by atoms with Gasteiger partial charge in [-0.1, -0.05) is 0 Å². The number of carbonyl (C=O) groups is 1. The second-order valence-corrected chi connectivity index (χ2v) is 4.08. The minimum Gasteiger partial charge on any atom is -0.383 e. The van der Waals surface area contributed by atoms with Crippen LogP contribution in [0.15, 0.2) is 30.7 Å². The van der Waals surface area contributed by atoms with Crippen LogP contribution in [0, 0.1) is 0 Å². The molecule has 0 saturated carbocycles. The maximum absolute atomic E-state index is 11.7. The molecule has 0 radical (unpaired) electrons. The van der Waals surface area contributed by atoms with E-state index in [2.05, 4.69) is 15.4 Å². The van der Waals surface area contributed by atoms with Crippen molar-refractivity contribution in [1.82, 2.24) is 20.1 Å². The van der Waals surface area contributed by atoms with E-state index < -0.39 is 0 Å². The van der Waals surface area contributed by atoms with Crippen LogP contribution in [0.5, 0.6) is 0 Å². The molecule has 0 aliphatic heterocycles. The van der Waals surface area contributed by atoms with Crippen LogP contribution in [0.2, 0.25) is 0 Å². The SMILES string of the molecule is COCCNC(=O)c1ccc(-c2cnn(C)c2)nc1. The fourth-order valence-electron chi connectivity index (χ4n) is 1.62. The highest BCUT2D eigenvalue weighted by atomic mass is 16.5. The standard InChI is InChI=1S/C13H16N4O2/c1-17-9-11(8-16-17)12-4-3-10(7-15-12)13(18)14-5-6-19-2/h3-4,7-9H,5-6H2,1-2H3,(H,14,18). The number of carbonyl (C=O) groups excluding carboxylic acids is 1. The summed E-state index contributed by atoms with van der Waals surface area (Å²) < 4.78 is 6.58. The molecule has 2 aromatic rings. The zero-order valence-corrected chi connectivity index (χ0v) is 11.0. The Bertz CT molecular complexity index is 548. The first kappa shape index (κ1) is 13.2. The maximum Gasteiger partial charge on any atom is 0.252 e. The fraction of sp³-hybridized carbons (Fsp3) is 0.308. The Kier molecular flexibility index (Phi) is 4.25. The molecule has 0 atom stereocenters. The van der Waals surface area contributed by atoms with E-state index in [1.54, 1.807) is 30.3 Å². The molecule has 6 heteroatoms. The number of ether oxygens (including phenoxy) is 1. The first-order chi connectivity index (χ1) is 9.20. The third-order valence-electron chi connectivity index (χ3n) is 2.62. The Morgan fingerprint density at radius 2 is 2.26 bits per heavy atom. The smallest absolute Gasteiger partial charge is 0.252 e. The second kappa shape index (κ2) is 6.10. The molecule has 1 N–H and O–H groups in total. The lowest BCUT2D eigenvalue weighted by atomic mass is 10.2. The van der Waals surface area contributed by atoms with Gasteiger partial charge in [0.1, 0.15) is 0 Å². The van der Waals surface area contributed by atoms with Crippen LogP contribution in [0.1, 0.15) is 10.4 Å². The van der Waals surface area contributed by atoms with E-state index in [9.17, 15) is 4.79 Å². The van der Waals surface area contributed by atoms with Crippen LogP contribution < -0.4 is 5.32 Å². The normalized spacial score (nSPS) is 10.4. The molecule has 100 valence electrons. The van der Waals surface area contributed by atoms with Gasteiger partial charge in [-0.3, -0.25) is 14.5 Å². The van der Waals surface area contributed by atoms with Gasteiger partial charge in [-0.05, 0) is 12.1 Å². The van der Waals surface area contributed by atoms with E-state index in [0.29, 0.717) is 18.7 Å². The van der Waals surface area contributed by atoms with Gasteiger partial charge in [0, 0.05) is 38.7 Å². The van der Waals surface area contributed by atoms with Crippen molar-refractivity contribution in [2.75, 3.05) is 20.3 Å². The molecule has 0 aliphatic rings. The van der Waals surface area contributed by atoms with Crippen LogP contribution in [0.4, 0.5) is 0 Å². The quantitative estimate of drug-likeness (QED) is 0.809. The number of pyridine rings is 1. The van der Waals surface area contributed by atoms with Crippen molar-refractivity contribution in [1.29, 1.82) is 0 Å². The number of hydrogen-bond donors (Lipinski definition) is 1. The highest BCUT2D eigenvalue weighted by Gasteiger charge is 2.07. The lowest BCUT2D eigenvalue weighted by Gasteiger charge is -2.04. The molecule has 19 heavy (non-hydrogen) atoms. The summed E-state index contributed by atoms with van der Waals surface area (Å²) in [5, 5.41) is 6.83. The summed E-state index contributed by atoms with van der Waals surface area (Å²) in [4.78, 5) is 16.0. The number of amides is 1. The first-order valence-electron chi connectivity index (χ1n) is 5.93. The lowest BCUT2D eigenvalue weighted by molar-refractivity contribution is 0.0937. The molecule has 2 heterocycles. The minimum absolute atomic E-state index is 0.151. The van der Waals surface area contributed by atoms with Gasteiger partial charge in [-0.2, -0.15) is 5.10 Å². The van der Waals surface area contributed by atoms with E-state index in [0.717, 1.165) is 11.3 Å². The number of aromatic nitrogens is 3. The molecule has 0 aromatic carbocycles. The molecular formula is C13H16N4O2. The van der Waals surface area contributed by atoms with E-state index in [1.165, 1.54) is 0 Å². The van der Waals surface area contributed by atoms with E-state index in [4.69, 9.17) is 4.74 Å². The Hall–Kier alpha value is -2.21. The summed E-state index contributed by atoms with van der Waals surface area (Å²) in [7, 11) is 3.44. The van der Waals surface area contributed by atoms with Gasteiger partial charge in [0.25, 0.3) is 5.91 Å². The molecule has 0 saturated heterocycles. The fourth-order valence-corrected chi connectivity index (χ4v) is 1.62. The summed E-state index contributed by atoms with van der Waals surface area (Å²) in [6.07, 6.45) is 5.17. The molecule has 0 unspecified atom stereocenters. The average Bonchev–Trinajstić information content (AvgIpc) is 2.86. The zero-order valence-electron chi connectivity index (χ0n) is 11.0. The van der Waals surface area contributed by atoms with Crippen molar-refractivity contribution >= 4 is 5.91 Å². The van der Waals surface area contributed by atoms with Gasteiger partial charge in [0.05, 0.1) is 24.1 Å². The molecule has 0 bridgehead atoms. The predicted molar refractivity (Wildman–Crippen MR) is 70.6 cm³/mol. The monoisotopic (exact) mass is 260 g/mol. The molecule has 2 rings (SSSR count). The second-order valence-electron chi connectivity index (χ2n) is 4.08. The van der Waals surface area contributed by atoms with Crippen molar-refractivity contribution in [2.45, 2.75) is 0 Å². The molecule has 1 amide bonds. The van der Waals surface area contributed by atoms with Crippen LogP contribution in [-0.4, -0.2) is 40.9 Å². The topological polar surface area (TPSA) is 69.0 Å². The number of rotatable bonds is 5. The van der Waals surface area contributed by atoms with Crippen molar-refractivity contribution in [3.8, 4) is 11.3 Å². The summed E-state index contributed by atoms with van der Waals surface area (Å²) in [5.41, 5.74) is 2.25. The number of methoxy groups -OCH3 is 1. The molecular weight excluding hydrogens is 244 g/mol.